The third-order valence-electron chi connectivity index (χ3n) is 3.11. The van der Waals surface area contributed by atoms with Crippen LogP contribution in [-0.2, 0) is 9.59 Å². The molecule has 0 unspecified atom stereocenters. The van der Waals surface area contributed by atoms with E-state index < -0.39 is 5.54 Å². The monoisotopic (exact) mass is 210 g/mol. The van der Waals surface area contributed by atoms with Gasteiger partial charge in [-0.1, -0.05) is 12.8 Å². The summed E-state index contributed by atoms with van der Waals surface area (Å²) in [6, 6.07) is 0. The highest BCUT2D eigenvalue weighted by atomic mass is 16.2. The molecule has 0 radical (unpaired) electrons. The minimum atomic E-state index is -0.723. The zero-order valence-corrected chi connectivity index (χ0v) is 9.38. The molecule has 2 rings (SSSR count). The van der Waals surface area contributed by atoms with Crippen molar-refractivity contribution in [2.75, 3.05) is 13.1 Å². The Labute approximate surface area is 90.0 Å². The Balaban J connectivity index is 1.95. The molecule has 1 N–H and O–H groups in total. The molecular formula is C11H18N2O2. The second kappa shape index (κ2) is 3.51. The van der Waals surface area contributed by atoms with E-state index in [-0.39, 0.29) is 18.4 Å². The normalized spacial score (nSPS) is 25.3. The summed E-state index contributed by atoms with van der Waals surface area (Å²) in [5.74, 6) is 0.795. The van der Waals surface area contributed by atoms with Gasteiger partial charge in [-0.05, 0) is 26.2 Å². The Kier molecular flexibility index (Phi) is 2.44. The highest BCUT2D eigenvalue weighted by molar-refractivity contribution is 5.97. The van der Waals surface area contributed by atoms with Gasteiger partial charge in [-0.25, -0.2) is 0 Å². The van der Waals surface area contributed by atoms with Crippen LogP contribution in [-0.4, -0.2) is 35.3 Å². The first kappa shape index (κ1) is 10.5. The first-order valence-electron chi connectivity index (χ1n) is 5.59. The lowest BCUT2D eigenvalue weighted by molar-refractivity contribution is -0.148. The van der Waals surface area contributed by atoms with E-state index in [9.17, 15) is 9.59 Å². The summed E-state index contributed by atoms with van der Waals surface area (Å²) in [7, 11) is 0. The van der Waals surface area contributed by atoms with Crippen molar-refractivity contribution in [3.05, 3.63) is 0 Å². The van der Waals surface area contributed by atoms with Crippen LogP contribution in [0.4, 0.5) is 0 Å². The van der Waals surface area contributed by atoms with E-state index in [2.05, 4.69) is 5.32 Å². The first-order valence-corrected chi connectivity index (χ1v) is 5.59. The number of carbonyl (C=O) groups is 2. The van der Waals surface area contributed by atoms with Crippen LogP contribution >= 0.6 is 0 Å². The van der Waals surface area contributed by atoms with E-state index in [0.29, 0.717) is 0 Å². The van der Waals surface area contributed by atoms with Crippen LogP contribution in [0.25, 0.3) is 0 Å². The number of hydrogen-bond donors (Lipinski definition) is 1. The molecule has 0 aromatic carbocycles. The first-order chi connectivity index (χ1) is 6.99. The molecule has 0 spiro atoms. The number of hydrogen-bond acceptors (Lipinski definition) is 2. The van der Waals surface area contributed by atoms with Gasteiger partial charge in [0.2, 0.25) is 11.8 Å². The van der Waals surface area contributed by atoms with Crippen LogP contribution in [0.15, 0.2) is 0 Å². The van der Waals surface area contributed by atoms with E-state index in [4.69, 9.17) is 0 Å². The summed E-state index contributed by atoms with van der Waals surface area (Å²) in [6.45, 7) is 4.49. The molecule has 1 heterocycles. The molecule has 4 nitrogen and oxygen atoms in total. The second-order valence-corrected chi connectivity index (χ2v) is 5.13. The quantitative estimate of drug-likeness (QED) is 0.738. The highest BCUT2D eigenvalue weighted by Gasteiger charge is 2.39. The molecular weight excluding hydrogens is 192 g/mol. The summed E-state index contributed by atoms with van der Waals surface area (Å²) in [5, 5.41) is 2.71. The van der Waals surface area contributed by atoms with E-state index in [0.717, 1.165) is 18.9 Å². The number of rotatable bonds is 3. The van der Waals surface area contributed by atoms with Crippen molar-refractivity contribution >= 4 is 11.8 Å². The Morgan fingerprint density at radius 2 is 2.07 bits per heavy atom. The summed E-state index contributed by atoms with van der Waals surface area (Å²) in [4.78, 5) is 25.0. The maximum atomic E-state index is 11.9. The van der Waals surface area contributed by atoms with E-state index in [1.165, 1.54) is 12.8 Å². The smallest absolute Gasteiger partial charge is 0.248 e. The van der Waals surface area contributed by atoms with E-state index in [1.807, 2.05) is 0 Å². The summed E-state index contributed by atoms with van der Waals surface area (Å²) in [5.41, 5.74) is -0.723. The second-order valence-electron chi connectivity index (χ2n) is 5.13. The van der Waals surface area contributed by atoms with Crippen LogP contribution in [0.5, 0.6) is 0 Å². The summed E-state index contributed by atoms with van der Waals surface area (Å²) >= 11 is 0. The minimum Gasteiger partial charge on any atom is -0.341 e. The average Bonchev–Trinajstić information content (AvgIpc) is 2.91. The molecule has 84 valence electrons. The van der Waals surface area contributed by atoms with Gasteiger partial charge < -0.3 is 10.2 Å². The molecule has 2 fully saturated rings. The fourth-order valence-electron chi connectivity index (χ4n) is 2.01. The van der Waals surface area contributed by atoms with Gasteiger partial charge in [0.05, 0.1) is 6.54 Å². The summed E-state index contributed by atoms with van der Waals surface area (Å²) < 4.78 is 0. The largest absolute Gasteiger partial charge is 0.341 e. The van der Waals surface area contributed by atoms with Crippen molar-refractivity contribution in [1.82, 2.24) is 10.2 Å². The number of nitrogens with one attached hydrogen (secondary N) is 1. The van der Waals surface area contributed by atoms with Gasteiger partial charge >= 0.3 is 0 Å². The minimum absolute atomic E-state index is 0.0442. The van der Waals surface area contributed by atoms with Crippen molar-refractivity contribution in [3.8, 4) is 0 Å². The fourth-order valence-corrected chi connectivity index (χ4v) is 2.01. The topological polar surface area (TPSA) is 49.4 Å². The number of carbonyl (C=O) groups excluding carboxylic acids is 2. The molecule has 2 amide bonds. The third kappa shape index (κ3) is 2.30. The van der Waals surface area contributed by atoms with Gasteiger partial charge in [0.25, 0.3) is 0 Å². The molecule has 0 bridgehead atoms. The molecule has 1 saturated carbocycles. The average molecular weight is 210 g/mol. The molecule has 0 aromatic heterocycles. The Morgan fingerprint density at radius 1 is 1.40 bits per heavy atom. The zero-order chi connectivity index (χ0) is 11.1. The van der Waals surface area contributed by atoms with Crippen molar-refractivity contribution < 1.29 is 9.59 Å². The molecule has 1 aliphatic heterocycles. The van der Waals surface area contributed by atoms with Crippen molar-refractivity contribution in [2.45, 2.75) is 38.6 Å². The predicted molar refractivity (Wildman–Crippen MR) is 56.1 cm³/mol. The van der Waals surface area contributed by atoms with Crippen LogP contribution in [0.1, 0.15) is 33.1 Å². The third-order valence-corrected chi connectivity index (χ3v) is 3.11. The van der Waals surface area contributed by atoms with Crippen molar-refractivity contribution in [2.24, 2.45) is 5.92 Å². The fraction of sp³-hybridized carbons (Fsp3) is 0.818. The van der Waals surface area contributed by atoms with Crippen molar-refractivity contribution in [1.29, 1.82) is 0 Å². The Morgan fingerprint density at radius 3 is 2.67 bits per heavy atom. The van der Waals surface area contributed by atoms with Gasteiger partial charge in [-0.15, -0.1) is 0 Å². The Hall–Kier alpha value is -1.06. The molecule has 0 atom stereocenters. The molecule has 0 aromatic rings. The standard InChI is InChI=1S/C11H18N2O2/c1-11(2)10(15)13(7-9(14)12-11)6-5-8-3-4-8/h8H,3-7H2,1-2H3,(H,12,14). The van der Waals surface area contributed by atoms with Crippen LogP contribution in [0.2, 0.25) is 0 Å². The zero-order valence-electron chi connectivity index (χ0n) is 9.38. The lowest BCUT2D eigenvalue weighted by Crippen LogP contribution is -2.63. The van der Waals surface area contributed by atoms with Gasteiger partial charge in [0, 0.05) is 6.54 Å². The summed E-state index contributed by atoms with van der Waals surface area (Å²) in [6.07, 6.45) is 3.63. The van der Waals surface area contributed by atoms with E-state index >= 15 is 0 Å². The van der Waals surface area contributed by atoms with Crippen LogP contribution < -0.4 is 5.32 Å². The van der Waals surface area contributed by atoms with E-state index in [1.54, 1.807) is 18.7 Å². The maximum Gasteiger partial charge on any atom is 0.248 e. The predicted octanol–water partition coefficient (Wildman–Crippen LogP) is 0.523. The SMILES string of the molecule is CC1(C)NC(=O)CN(CCC2CC2)C1=O. The molecule has 2 aliphatic rings. The van der Waals surface area contributed by atoms with Gasteiger partial charge in [-0.2, -0.15) is 0 Å². The Bertz CT molecular complexity index is 295. The molecule has 4 heteroatoms. The van der Waals surface area contributed by atoms with Crippen LogP contribution in [0.3, 0.4) is 0 Å². The van der Waals surface area contributed by atoms with Gasteiger partial charge in [0.15, 0.2) is 0 Å². The van der Waals surface area contributed by atoms with Gasteiger partial charge in [0.1, 0.15) is 5.54 Å². The maximum absolute atomic E-state index is 11.9. The lowest BCUT2D eigenvalue weighted by Gasteiger charge is -2.37. The number of nitrogens with zero attached hydrogens (tertiary/aromatic N) is 1. The van der Waals surface area contributed by atoms with Gasteiger partial charge in [-0.3, -0.25) is 9.59 Å². The molecule has 15 heavy (non-hydrogen) atoms. The number of piperazine rings is 1. The highest BCUT2D eigenvalue weighted by Crippen LogP contribution is 2.32. The molecule has 1 aliphatic carbocycles. The van der Waals surface area contributed by atoms with Crippen LogP contribution in [0, 0.1) is 5.92 Å². The number of amides is 2. The lowest BCUT2D eigenvalue weighted by atomic mass is 10.0. The van der Waals surface area contributed by atoms with Crippen molar-refractivity contribution in [3.63, 3.8) is 0 Å². The molecule has 1 saturated heterocycles.